The highest BCUT2D eigenvalue weighted by Gasteiger charge is 2.38. The van der Waals surface area contributed by atoms with Gasteiger partial charge in [-0.3, -0.25) is 9.59 Å². The van der Waals surface area contributed by atoms with E-state index in [1.54, 1.807) is 45.0 Å². The van der Waals surface area contributed by atoms with Crippen LogP contribution in [-0.4, -0.2) is 46.5 Å². The van der Waals surface area contributed by atoms with Gasteiger partial charge in [-0.25, -0.2) is 4.79 Å². The molecule has 0 saturated carbocycles. The third kappa shape index (κ3) is 9.70. The second-order valence-electron chi connectivity index (χ2n) is 10.8. The van der Waals surface area contributed by atoms with Gasteiger partial charge in [-0.2, -0.15) is 5.26 Å². The van der Waals surface area contributed by atoms with Gasteiger partial charge in [0.1, 0.15) is 24.2 Å². The summed E-state index contributed by atoms with van der Waals surface area (Å²) in [7, 11) is 0. The lowest BCUT2D eigenvalue weighted by molar-refractivity contribution is -0.142. The van der Waals surface area contributed by atoms with E-state index in [2.05, 4.69) is 16.6 Å². The highest BCUT2D eigenvalue weighted by molar-refractivity contribution is 5.93. The Hall–Kier alpha value is -3.52. The van der Waals surface area contributed by atoms with Gasteiger partial charge >= 0.3 is 6.09 Å². The van der Waals surface area contributed by atoms with Crippen LogP contribution in [0.25, 0.3) is 0 Å². The zero-order valence-electron chi connectivity index (χ0n) is 22.1. The summed E-state index contributed by atoms with van der Waals surface area (Å²) in [6, 6.07) is 6.58. The molecule has 1 rings (SSSR count). The third-order valence-electron chi connectivity index (χ3n) is 4.69. The Balaban J connectivity index is 3.57. The van der Waals surface area contributed by atoms with Crippen LogP contribution in [0.15, 0.2) is 24.3 Å². The van der Waals surface area contributed by atoms with E-state index in [1.165, 1.54) is 4.90 Å². The van der Waals surface area contributed by atoms with E-state index in [1.807, 2.05) is 40.7 Å². The maximum atomic E-state index is 13.8. The second kappa shape index (κ2) is 12.3. The molecule has 2 atom stereocenters. The molecule has 0 heterocycles. The number of terminal acetylenes is 1. The molecule has 2 unspecified atom stereocenters. The van der Waals surface area contributed by atoms with Crippen LogP contribution in [0, 0.1) is 29.6 Å². The van der Waals surface area contributed by atoms with Gasteiger partial charge in [0.25, 0.3) is 0 Å². The molecule has 0 aromatic heterocycles. The molecule has 8 nitrogen and oxygen atoms in total. The third-order valence-corrected chi connectivity index (χ3v) is 4.69. The molecule has 0 bridgehead atoms. The number of benzene rings is 1. The number of nitriles is 1. The molecule has 1 aromatic carbocycles. The number of alkyl carbamates (subject to hydrolysis) is 1. The minimum Gasteiger partial charge on any atom is -0.444 e. The Morgan fingerprint density at radius 2 is 1.71 bits per heavy atom. The minimum atomic E-state index is -1.18. The molecule has 3 amide bonds. The fraction of sp³-hybridized carbons (Fsp3) is 0.556. The minimum absolute atomic E-state index is 0.0302. The molecule has 35 heavy (non-hydrogen) atoms. The summed E-state index contributed by atoms with van der Waals surface area (Å²) < 4.78 is 5.34. The van der Waals surface area contributed by atoms with Crippen LogP contribution in [0.4, 0.5) is 4.79 Å². The molecule has 0 fully saturated rings. The highest BCUT2D eigenvalue weighted by Crippen LogP contribution is 2.27. The number of hydrogen-bond donors (Lipinski definition) is 2. The van der Waals surface area contributed by atoms with Crippen molar-refractivity contribution in [3.05, 3.63) is 35.4 Å². The van der Waals surface area contributed by atoms with Crippen molar-refractivity contribution in [2.45, 2.75) is 85.0 Å². The normalized spacial score (nSPS) is 13.1. The number of hydrogen-bond acceptors (Lipinski definition) is 5. The van der Waals surface area contributed by atoms with Gasteiger partial charge in [-0.05, 0) is 65.5 Å². The standard InChI is InChI=1S/C27H38N4O4/c1-10-19-13-11-12-14-20(19)22(23(32)30-26(4,5)6)31(16-15-28)24(33)21(17-18(2)3)29-25(34)35-27(7,8)9/h1,11-14,18,21-22H,16-17H2,2-9H3,(H,29,34)(H,30,32). The van der Waals surface area contributed by atoms with E-state index >= 15 is 0 Å². The molecule has 190 valence electrons. The summed E-state index contributed by atoms with van der Waals surface area (Å²) in [6.07, 6.45) is 5.22. The van der Waals surface area contributed by atoms with E-state index in [9.17, 15) is 19.6 Å². The molecule has 8 heteroatoms. The Bertz CT molecular complexity index is 990. The summed E-state index contributed by atoms with van der Waals surface area (Å²) in [5.41, 5.74) is -0.518. The molecule has 0 aliphatic rings. The van der Waals surface area contributed by atoms with E-state index < -0.39 is 41.1 Å². The number of nitrogens with zero attached hydrogens (tertiary/aromatic N) is 2. The topological polar surface area (TPSA) is 112 Å². The molecule has 0 aliphatic carbocycles. The van der Waals surface area contributed by atoms with Crippen molar-refractivity contribution in [3.63, 3.8) is 0 Å². The quantitative estimate of drug-likeness (QED) is 0.431. The van der Waals surface area contributed by atoms with Crippen molar-refractivity contribution in [3.8, 4) is 18.4 Å². The lowest BCUT2D eigenvalue weighted by Crippen LogP contribution is -2.55. The van der Waals surface area contributed by atoms with Gasteiger partial charge in [0, 0.05) is 11.1 Å². The van der Waals surface area contributed by atoms with Crippen molar-refractivity contribution < 1.29 is 19.1 Å². The highest BCUT2D eigenvalue weighted by atomic mass is 16.6. The second-order valence-corrected chi connectivity index (χ2v) is 10.8. The van der Waals surface area contributed by atoms with E-state index in [-0.39, 0.29) is 18.9 Å². The Labute approximate surface area is 209 Å². The number of ether oxygens (including phenoxy) is 1. The summed E-state index contributed by atoms with van der Waals surface area (Å²) in [5, 5.41) is 15.1. The maximum absolute atomic E-state index is 13.8. The average molecular weight is 483 g/mol. The number of rotatable bonds is 8. The van der Waals surface area contributed by atoms with Crippen LogP contribution in [0.1, 0.15) is 79.0 Å². The van der Waals surface area contributed by atoms with Crippen LogP contribution in [-0.2, 0) is 14.3 Å². The van der Waals surface area contributed by atoms with Gasteiger partial charge < -0.3 is 20.3 Å². The zero-order chi connectivity index (χ0) is 27.0. The largest absolute Gasteiger partial charge is 0.444 e. The fourth-order valence-electron chi connectivity index (χ4n) is 3.47. The molecule has 0 saturated heterocycles. The Morgan fingerprint density at radius 1 is 1.11 bits per heavy atom. The predicted molar refractivity (Wildman–Crippen MR) is 135 cm³/mol. The molecule has 0 spiro atoms. The Morgan fingerprint density at radius 3 is 2.20 bits per heavy atom. The molecule has 1 aromatic rings. The molecular weight excluding hydrogens is 444 g/mol. The number of carbonyl (C=O) groups excluding carboxylic acids is 3. The van der Waals surface area contributed by atoms with Crippen molar-refractivity contribution in [1.82, 2.24) is 15.5 Å². The first-order valence-electron chi connectivity index (χ1n) is 11.6. The first kappa shape index (κ1) is 29.5. The van der Waals surface area contributed by atoms with Crippen molar-refractivity contribution in [2.24, 2.45) is 5.92 Å². The van der Waals surface area contributed by atoms with Crippen molar-refractivity contribution in [2.75, 3.05) is 6.54 Å². The van der Waals surface area contributed by atoms with Crippen LogP contribution >= 0.6 is 0 Å². The van der Waals surface area contributed by atoms with Gasteiger partial charge in [0.15, 0.2) is 0 Å². The summed E-state index contributed by atoms with van der Waals surface area (Å²) in [5.74, 6) is 1.53. The zero-order valence-corrected chi connectivity index (χ0v) is 22.1. The molecular formula is C27H38N4O4. The summed E-state index contributed by atoms with van der Waals surface area (Å²) in [6.45, 7) is 14.0. The van der Waals surface area contributed by atoms with Crippen LogP contribution < -0.4 is 10.6 Å². The van der Waals surface area contributed by atoms with Gasteiger partial charge in [0.05, 0.1) is 6.07 Å². The average Bonchev–Trinajstić information content (AvgIpc) is 2.69. The Kier molecular flexibility index (Phi) is 10.3. The predicted octanol–water partition coefficient (Wildman–Crippen LogP) is 3.92. The molecule has 2 N–H and O–H groups in total. The smallest absolute Gasteiger partial charge is 0.408 e. The monoisotopic (exact) mass is 482 g/mol. The van der Waals surface area contributed by atoms with Crippen molar-refractivity contribution >= 4 is 17.9 Å². The lowest BCUT2D eigenvalue weighted by atomic mass is 9.95. The number of amides is 3. The first-order valence-corrected chi connectivity index (χ1v) is 11.6. The van der Waals surface area contributed by atoms with Crippen LogP contribution in [0.5, 0.6) is 0 Å². The van der Waals surface area contributed by atoms with E-state index in [0.717, 1.165) is 0 Å². The van der Waals surface area contributed by atoms with Gasteiger partial charge in [0.2, 0.25) is 11.8 Å². The lowest BCUT2D eigenvalue weighted by Gasteiger charge is -2.35. The van der Waals surface area contributed by atoms with Crippen molar-refractivity contribution in [1.29, 1.82) is 5.26 Å². The van der Waals surface area contributed by atoms with Gasteiger partial charge in [-0.15, -0.1) is 6.42 Å². The molecule has 0 aliphatic heterocycles. The summed E-state index contributed by atoms with van der Waals surface area (Å²) >= 11 is 0. The van der Waals surface area contributed by atoms with Gasteiger partial charge in [-0.1, -0.05) is 38.0 Å². The van der Waals surface area contributed by atoms with E-state index in [4.69, 9.17) is 11.2 Å². The summed E-state index contributed by atoms with van der Waals surface area (Å²) in [4.78, 5) is 41.0. The fourth-order valence-corrected chi connectivity index (χ4v) is 3.47. The number of carbonyl (C=O) groups is 3. The van der Waals surface area contributed by atoms with Crippen LogP contribution in [0.2, 0.25) is 0 Å². The first-order chi connectivity index (χ1) is 16.1. The van der Waals surface area contributed by atoms with Crippen LogP contribution in [0.3, 0.4) is 0 Å². The SMILES string of the molecule is C#Cc1ccccc1C(C(=O)NC(C)(C)C)N(CC#N)C(=O)C(CC(C)C)NC(=O)OC(C)(C)C. The maximum Gasteiger partial charge on any atom is 0.408 e. The molecule has 0 radical (unpaired) electrons. The van der Waals surface area contributed by atoms with E-state index in [0.29, 0.717) is 11.1 Å². The number of nitrogens with one attached hydrogen (secondary N) is 2.